The third-order valence-electron chi connectivity index (χ3n) is 11.4. The number of hydrogen-bond acceptors (Lipinski definition) is 11. The van der Waals surface area contributed by atoms with E-state index in [0.29, 0.717) is 55.2 Å². The number of methoxy groups -OCH3 is 1. The second-order valence-corrected chi connectivity index (χ2v) is 16.8. The van der Waals surface area contributed by atoms with Crippen molar-refractivity contribution in [1.29, 1.82) is 0 Å². The van der Waals surface area contributed by atoms with Crippen molar-refractivity contribution in [2.24, 2.45) is 5.41 Å². The second kappa shape index (κ2) is 18.1. The van der Waals surface area contributed by atoms with Gasteiger partial charge in [0.05, 0.1) is 37.1 Å². The molecule has 2 fully saturated rings. The SMILES string of the molecule is COc1cc(N2CCC(OCC(=O)N[C@@H](C(=O)N3C[C@@H](O)C[C@@H]3C(=O)NCc3ccc4c(c3)CC(=O)N4C)C(C)(C)C)CC2)ccc1NC(=O)c1cccc(-c2cc[nH]n2)n1. The first-order valence-electron chi connectivity index (χ1n) is 20.5. The molecule has 0 unspecified atom stereocenters. The molecule has 0 bridgehead atoms. The first-order valence-corrected chi connectivity index (χ1v) is 20.5. The number of carbonyl (C=O) groups excluding carboxylic acids is 5. The van der Waals surface area contributed by atoms with Gasteiger partial charge < -0.3 is 45.2 Å². The fraction of sp³-hybridized carbons (Fsp3) is 0.432. The molecule has 7 rings (SSSR count). The Balaban J connectivity index is 0.892. The number of aliphatic hydroxyl groups excluding tert-OH is 1. The molecule has 5 amide bonds. The van der Waals surface area contributed by atoms with Crippen molar-refractivity contribution in [2.45, 2.75) is 77.3 Å². The van der Waals surface area contributed by atoms with Gasteiger partial charge in [0.1, 0.15) is 35.8 Å². The molecule has 0 aliphatic carbocycles. The molecule has 3 aliphatic rings. The van der Waals surface area contributed by atoms with Crippen molar-refractivity contribution >= 4 is 46.6 Å². The molecule has 322 valence electrons. The van der Waals surface area contributed by atoms with Crippen LogP contribution in [-0.2, 0) is 36.9 Å². The average molecular weight is 836 g/mol. The Hall–Kier alpha value is -6.33. The molecule has 4 aromatic rings. The molecule has 0 spiro atoms. The lowest BCUT2D eigenvalue weighted by atomic mass is 9.85. The number of likely N-dealkylation sites (tertiary alicyclic amines) is 1. The van der Waals surface area contributed by atoms with Crippen molar-refractivity contribution in [2.75, 3.05) is 55.5 Å². The molecule has 17 nitrogen and oxygen atoms in total. The van der Waals surface area contributed by atoms with Gasteiger partial charge in [-0.2, -0.15) is 5.10 Å². The van der Waals surface area contributed by atoms with Crippen molar-refractivity contribution < 1.29 is 38.6 Å². The fourth-order valence-electron chi connectivity index (χ4n) is 8.01. The van der Waals surface area contributed by atoms with Crippen LogP contribution >= 0.6 is 0 Å². The Kier molecular flexibility index (Phi) is 12.7. The number of carbonyl (C=O) groups is 5. The molecular formula is C44H53N9O8. The Morgan fingerprint density at radius 3 is 2.52 bits per heavy atom. The number of hydrogen-bond donors (Lipinski definition) is 5. The molecule has 3 aliphatic heterocycles. The molecular weight excluding hydrogens is 783 g/mol. The van der Waals surface area contributed by atoms with Gasteiger partial charge in [-0.25, -0.2) is 4.98 Å². The first kappa shape index (κ1) is 42.8. The molecule has 17 heteroatoms. The number of benzene rings is 2. The molecule has 0 radical (unpaired) electrons. The van der Waals surface area contributed by atoms with Gasteiger partial charge in [0, 0.05) is 63.3 Å². The topological polar surface area (TPSA) is 211 Å². The van der Waals surface area contributed by atoms with Gasteiger partial charge in [-0.15, -0.1) is 0 Å². The predicted octanol–water partition coefficient (Wildman–Crippen LogP) is 3.05. The monoisotopic (exact) mass is 835 g/mol. The van der Waals surface area contributed by atoms with Gasteiger partial charge in [0.15, 0.2) is 0 Å². The number of piperidine rings is 1. The number of pyridine rings is 1. The summed E-state index contributed by atoms with van der Waals surface area (Å²) in [5, 5.41) is 26.1. The molecule has 5 N–H and O–H groups in total. The Bertz CT molecular complexity index is 2270. The molecule has 3 atom stereocenters. The van der Waals surface area contributed by atoms with E-state index in [-0.39, 0.29) is 49.7 Å². The summed E-state index contributed by atoms with van der Waals surface area (Å²) in [5.41, 5.74) is 4.67. The number of aliphatic hydroxyl groups is 1. The number of fused-ring (bicyclic) bond motifs is 1. The number of H-pyrrole nitrogens is 1. The minimum absolute atomic E-state index is 0.00762. The van der Waals surface area contributed by atoms with E-state index in [1.807, 2.05) is 51.1 Å². The highest BCUT2D eigenvalue weighted by molar-refractivity contribution is 6.04. The summed E-state index contributed by atoms with van der Waals surface area (Å²) in [4.78, 5) is 75.7. The Morgan fingerprint density at radius 2 is 1.80 bits per heavy atom. The number of aromatic nitrogens is 3. The maximum Gasteiger partial charge on any atom is 0.274 e. The number of amides is 5. The number of likely N-dealkylation sites (N-methyl/N-ethyl adjacent to an activating group) is 1. The van der Waals surface area contributed by atoms with Gasteiger partial charge >= 0.3 is 0 Å². The van der Waals surface area contributed by atoms with Gasteiger partial charge in [0.25, 0.3) is 5.91 Å². The Labute approximate surface area is 354 Å². The number of ether oxygens (including phenoxy) is 2. The van der Waals surface area contributed by atoms with Crippen LogP contribution < -0.4 is 30.5 Å². The molecule has 2 saturated heterocycles. The average Bonchev–Trinajstić information content (AvgIpc) is 4.00. The highest BCUT2D eigenvalue weighted by Crippen LogP contribution is 2.33. The lowest BCUT2D eigenvalue weighted by Crippen LogP contribution is -2.58. The van der Waals surface area contributed by atoms with Crippen molar-refractivity contribution in [1.82, 2.24) is 30.7 Å². The van der Waals surface area contributed by atoms with E-state index >= 15 is 0 Å². The van der Waals surface area contributed by atoms with Crippen molar-refractivity contribution in [3.63, 3.8) is 0 Å². The molecule has 2 aromatic heterocycles. The van der Waals surface area contributed by atoms with E-state index in [9.17, 15) is 29.1 Å². The fourth-order valence-corrected chi connectivity index (χ4v) is 8.01. The summed E-state index contributed by atoms with van der Waals surface area (Å²) in [5.74, 6) is -1.21. The standard InChI is InChI=1S/C44H53N9O8/c1-44(2,3)40(43(59)53-24-29(54)22-36(53)42(58)45-23-26-9-12-35-27(19-26)20-39(56)51(35)4)49-38(55)25-61-30-14-17-52(18-15-30)28-10-11-33(37(21-28)60-5)48-41(57)34-8-6-7-31(47-34)32-13-16-46-50-32/h6-13,16,19,21,29-30,36,40,54H,14-15,17-18,20,22-25H2,1-5H3,(H,45,58)(H,46,50)(H,48,57)(H,49,55)/t29-,36+,40-/m0/s1. The van der Waals surface area contributed by atoms with Crippen molar-refractivity contribution in [3.05, 3.63) is 83.7 Å². The number of nitrogens with one attached hydrogen (secondary N) is 4. The summed E-state index contributed by atoms with van der Waals surface area (Å²) in [6, 6.07) is 16.2. The number of anilines is 3. The van der Waals surface area contributed by atoms with Crippen LogP contribution in [0.25, 0.3) is 11.4 Å². The second-order valence-electron chi connectivity index (χ2n) is 16.8. The van der Waals surface area contributed by atoms with Gasteiger partial charge in [-0.1, -0.05) is 39.0 Å². The number of nitrogens with zero attached hydrogens (tertiary/aromatic N) is 5. The highest BCUT2D eigenvalue weighted by atomic mass is 16.5. The third-order valence-corrected chi connectivity index (χ3v) is 11.4. The van der Waals surface area contributed by atoms with E-state index in [1.54, 1.807) is 55.6 Å². The number of rotatable bonds is 13. The largest absolute Gasteiger partial charge is 0.494 e. The van der Waals surface area contributed by atoms with E-state index in [0.717, 1.165) is 22.5 Å². The van der Waals surface area contributed by atoms with Gasteiger partial charge in [-0.3, -0.25) is 29.1 Å². The maximum absolute atomic E-state index is 14.1. The van der Waals surface area contributed by atoms with Crippen LogP contribution in [0.1, 0.15) is 61.6 Å². The molecule has 2 aromatic carbocycles. The predicted molar refractivity (Wildman–Crippen MR) is 227 cm³/mol. The third kappa shape index (κ3) is 9.84. The van der Waals surface area contributed by atoms with Crippen LogP contribution in [0.2, 0.25) is 0 Å². The summed E-state index contributed by atoms with van der Waals surface area (Å²) in [6.45, 7) is 6.70. The van der Waals surface area contributed by atoms with Crippen LogP contribution in [0.4, 0.5) is 17.1 Å². The minimum Gasteiger partial charge on any atom is -0.494 e. The zero-order chi connectivity index (χ0) is 43.4. The minimum atomic E-state index is -0.983. The lowest BCUT2D eigenvalue weighted by Gasteiger charge is -2.36. The molecule has 0 saturated carbocycles. The van der Waals surface area contributed by atoms with E-state index < -0.39 is 41.3 Å². The number of aromatic amines is 1. The van der Waals surface area contributed by atoms with E-state index in [1.165, 1.54) is 4.90 Å². The summed E-state index contributed by atoms with van der Waals surface area (Å²) in [6.07, 6.45) is 2.27. The normalized spacial score (nSPS) is 18.5. The van der Waals surface area contributed by atoms with Crippen LogP contribution in [0, 0.1) is 5.41 Å². The summed E-state index contributed by atoms with van der Waals surface area (Å²) < 4.78 is 11.7. The molecule has 61 heavy (non-hydrogen) atoms. The quantitative estimate of drug-likeness (QED) is 0.132. The zero-order valence-electron chi connectivity index (χ0n) is 35.1. The van der Waals surface area contributed by atoms with Gasteiger partial charge in [-0.05, 0) is 65.8 Å². The Morgan fingerprint density at radius 1 is 1.02 bits per heavy atom. The van der Waals surface area contributed by atoms with E-state index in [4.69, 9.17) is 9.47 Å². The number of β-amino-alcohol motifs (C(OH)–C–C–N with tert-alkyl or cyclic N) is 1. The lowest BCUT2D eigenvalue weighted by molar-refractivity contribution is -0.145. The summed E-state index contributed by atoms with van der Waals surface area (Å²) in [7, 11) is 3.27. The smallest absolute Gasteiger partial charge is 0.274 e. The van der Waals surface area contributed by atoms with E-state index in [2.05, 4.69) is 36.0 Å². The molecule has 5 heterocycles. The van der Waals surface area contributed by atoms with Crippen LogP contribution in [0.3, 0.4) is 0 Å². The highest BCUT2D eigenvalue weighted by Gasteiger charge is 2.44. The van der Waals surface area contributed by atoms with Crippen LogP contribution in [0.15, 0.2) is 66.9 Å². The van der Waals surface area contributed by atoms with Gasteiger partial charge in [0.2, 0.25) is 23.6 Å². The maximum atomic E-state index is 14.1. The first-order chi connectivity index (χ1) is 29.2. The van der Waals surface area contributed by atoms with Crippen LogP contribution in [0.5, 0.6) is 5.75 Å². The summed E-state index contributed by atoms with van der Waals surface area (Å²) >= 11 is 0. The van der Waals surface area contributed by atoms with Crippen molar-refractivity contribution in [3.8, 4) is 17.1 Å². The van der Waals surface area contributed by atoms with Crippen LogP contribution in [-0.4, -0.2) is 119 Å². The zero-order valence-corrected chi connectivity index (χ0v) is 35.1.